The number of aromatic nitrogens is 1. The first kappa shape index (κ1) is 15.8. The highest BCUT2D eigenvalue weighted by Gasteiger charge is 2.24. The minimum absolute atomic E-state index is 0.0944. The molecule has 0 aliphatic carbocycles. The van der Waals surface area contributed by atoms with Crippen molar-refractivity contribution in [2.75, 3.05) is 31.3 Å². The van der Waals surface area contributed by atoms with E-state index >= 15 is 0 Å². The van der Waals surface area contributed by atoms with Crippen LogP contribution in [0.4, 0.5) is 5.69 Å². The summed E-state index contributed by atoms with van der Waals surface area (Å²) in [6, 6.07) is 4.88. The number of nitrogen functional groups attached to an aromatic ring is 1. The number of sulfonamides is 1. The van der Waals surface area contributed by atoms with Gasteiger partial charge >= 0.3 is 0 Å². The van der Waals surface area contributed by atoms with E-state index in [0.29, 0.717) is 16.6 Å². The number of hydrogen-bond donors (Lipinski definition) is 2. The van der Waals surface area contributed by atoms with E-state index in [1.54, 1.807) is 18.2 Å². The normalized spacial score (nSPS) is 13.1. The Kier molecular flexibility index (Phi) is 4.00. The summed E-state index contributed by atoms with van der Waals surface area (Å²) in [5.41, 5.74) is 6.79. The van der Waals surface area contributed by atoms with Gasteiger partial charge in [0.25, 0.3) is 0 Å². The van der Waals surface area contributed by atoms with Gasteiger partial charge in [0.05, 0.1) is 5.75 Å². The van der Waals surface area contributed by atoms with Crippen LogP contribution in [0.15, 0.2) is 29.3 Å². The summed E-state index contributed by atoms with van der Waals surface area (Å²) < 4.78 is 48.3. The first-order valence-corrected chi connectivity index (χ1v) is 9.62. The molecule has 0 bridgehead atoms. The number of H-pyrrole nitrogens is 1. The first-order chi connectivity index (χ1) is 9.61. The Labute approximate surface area is 123 Å². The van der Waals surface area contributed by atoms with Crippen molar-refractivity contribution in [2.24, 2.45) is 0 Å². The maximum Gasteiger partial charge on any atom is 0.244 e. The lowest BCUT2D eigenvalue weighted by Crippen LogP contribution is -2.31. The molecule has 2 aromatic rings. The molecule has 1 aromatic carbocycles. The second-order valence-corrected chi connectivity index (χ2v) is 9.19. The molecule has 0 radical (unpaired) electrons. The Balaban J connectivity index is 2.37. The zero-order valence-corrected chi connectivity index (χ0v) is 13.3. The van der Waals surface area contributed by atoms with Gasteiger partial charge in [0.2, 0.25) is 10.0 Å². The molecule has 0 unspecified atom stereocenters. The number of fused-ring (bicyclic) bond motifs is 1. The molecule has 1 aromatic heterocycles. The highest BCUT2D eigenvalue weighted by molar-refractivity contribution is 7.91. The number of nitrogens with two attached hydrogens (primary N) is 1. The van der Waals surface area contributed by atoms with Crippen molar-refractivity contribution in [3.63, 3.8) is 0 Å². The molecule has 3 N–H and O–H groups in total. The molecule has 0 saturated carbocycles. The summed E-state index contributed by atoms with van der Waals surface area (Å²) in [4.78, 5) is 2.96. The number of benzene rings is 1. The molecular formula is C12H17N3O4S2. The van der Waals surface area contributed by atoms with E-state index in [2.05, 4.69) is 4.98 Å². The van der Waals surface area contributed by atoms with E-state index in [0.717, 1.165) is 10.6 Å². The van der Waals surface area contributed by atoms with Gasteiger partial charge in [-0.05, 0) is 18.2 Å². The topological polar surface area (TPSA) is 113 Å². The zero-order valence-electron chi connectivity index (χ0n) is 11.7. The van der Waals surface area contributed by atoms with Gasteiger partial charge in [-0.15, -0.1) is 0 Å². The SMILES string of the molecule is CN(CCS(C)(=O)=O)S(=O)(=O)c1c[nH]c2cc(N)ccc12. The number of sulfone groups is 1. The van der Waals surface area contributed by atoms with Crippen molar-refractivity contribution in [3.05, 3.63) is 24.4 Å². The highest BCUT2D eigenvalue weighted by atomic mass is 32.2. The minimum Gasteiger partial charge on any atom is -0.399 e. The van der Waals surface area contributed by atoms with Gasteiger partial charge < -0.3 is 10.7 Å². The van der Waals surface area contributed by atoms with E-state index in [1.165, 1.54) is 13.2 Å². The van der Waals surface area contributed by atoms with Gasteiger partial charge in [-0.25, -0.2) is 16.8 Å². The van der Waals surface area contributed by atoms with E-state index < -0.39 is 19.9 Å². The van der Waals surface area contributed by atoms with Gasteiger partial charge in [-0.2, -0.15) is 4.31 Å². The zero-order chi connectivity index (χ0) is 15.8. The van der Waals surface area contributed by atoms with E-state index in [4.69, 9.17) is 5.73 Å². The molecular weight excluding hydrogens is 314 g/mol. The fraction of sp³-hybridized carbons (Fsp3) is 0.333. The van der Waals surface area contributed by atoms with Crippen molar-refractivity contribution in [1.29, 1.82) is 0 Å². The third-order valence-corrected chi connectivity index (χ3v) is 5.95. The molecule has 0 aliphatic rings. The molecule has 2 rings (SSSR count). The molecule has 9 heteroatoms. The lowest BCUT2D eigenvalue weighted by atomic mass is 10.2. The van der Waals surface area contributed by atoms with E-state index in [-0.39, 0.29) is 17.2 Å². The van der Waals surface area contributed by atoms with Crippen LogP contribution in [0.2, 0.25) is 0 Å². The molecule has 7 nitrogen and oxygen atoms in total. The fourth-order valence-electron chi connectivity index (χ4n) is 1.91. The largest absolute Gasteiger partial charge is 0.399 e. The fourth-order valence-corrected chi connectivity index (χ4v) is 3.97. The molecule has 0 atom stereocenters. The third-order valence-electron chi connectivity index (χ3n) is 3.13. The predicted octanol–water partition coefficient (Wildman–Crippen LogP) is 0.415. The molecule has 0 saturated heterocycles. The van der Waals surface area contributed by atoms with Crippen LogP contribution < -0.4 is 5.73 Å². The van der Waals surface area contributed by atoms with Crippen molar-refractivity contribution < 1.29 is 16.8 Å². The summed E-state index contributed by atoms with van der Waals surface area (Å²) in [6.45, 7) is -0.0944. The number of nitrogens with zero attached hydrogens (tertiary/aromatic N) is 1. The summed E-state index contributed by atoms with van der Waals surface area (Å²) in [7, 11) is -5.63. The average Bonchev–Trinajstić information content (AvgIpc) is 2.78. The Bertz CT molecular complexity index is 869. The molecule has 0 spiro atoms. The molecule has 0 aliphatic heterocycles. The van der Waals surface area contributed by atoms with Crippen LogP contribution >= 0.6 is 0 Å². The third kappa shape index (κ3) is 3.36. The van der Waals surface area contributed by atoms with Crippen LogP contribution in [0, 0.1) is 0 Å². The van der Waals surface area contributed by atoms with Crippen LogP contribution in [0.25, 0.3) is 10.9 Å². The lowest BCUT2D eigenvalue weighted by molar-refractivity contribution is 0.485. The second kappa shape index (κ2) is 5.32. The second-order valence-electron chi connectivity index (χ2n) is 4.91. The maximum absolute atomic E-state index is 12.5. The lowest BCUT2D eigenvalue weighted by Gasteiger charge is -2.16. The molecule has 116 valence electrons. The monoisotopic (exact) mass is 331 g/mol. The summed E-state index contributed by atoms with van der Waals surface area (Å²) in [6.07, 6.45) is 2.46. The van der Waals surface area contributed by atoms with Crippen molar-refractivity contribution in [3.8, 4) is 0 Å². The number of hydrogen-bond acceptors (Lipinski definition) is 5. The van der Waals surface area contributed by atoms with Crippen LogP contribution in [-0.2, 0) is 19.9 Å². The van der Waals surface area contributed by atoms with Gasteiger partial charge in [0.15, 0.2) is 0 Å². The summed E-state index contributed by atoms with van der Waals surface area (Å²) in [5, 5.41) is 0.524. The van der Waals surface area contributed by atoms with Crippen LogP contribution in [0.3, 0.4) is 0 Å². The van der Waals surface area contributed by atoms with Gasteiger partial charge in [-0.3, -0.25) is 0 Å². The van der Waals surface area contributed by atoms with Crippen LogP contribution in [0.5, 0.6) is 0 Å². The first-order valence-electron chi connectivity index (χ1n) is 6.12. The van der Waals surface area contributed by atoms with Crippen molar-refractivity contribution in [2.45, 2.75) is 4.90 Å². The van der Waals surface area contributed by atoms with E-state index in [1.807, 2.05) is 0 Å². The van der Waals surface area contributed by atoms with Crippen LogP contribution in [-0.4, -0.2) is 51.7 Å². The number of aromatic amines is 1. The summed E-state index contributed by atoms with van der Waals surface area (Å²) in [5.74, 6) is -0.224. The molecule has 0 fully saturated rings. The Morgan fingerprint density at radius 2 is 1.90 bits per heavy atom. The van der Waals surface area contributed by atoms with Crippen LogP contribution in [0.1, 0.15) is 0 Å². The average molecular weight is 331 g/mol. The standard InChI is InChI=1S/C12H17N3O4S2/c1-15(5-6-20(2,16)17)21(18,19)12-8-14-11-7-9(13)3-4-10(11)12/h3-4,7-8,14H,5-6,13H2,1-2H3. The molecule has 0 amide bonds. The Morgan fingerprint density at radius 3 is 2.52 bits per heavy atom. The smallest absolute Gasteiger partial charge is 0.244 e. The van der Waals surface area contributed by atoms with Gasteiger partial charge in [0, 0.05) is 42.6 Å². The summed E-state index contributed by atoms with van der Waals surface area (Å²) >= 11 is 0. The van der Waals surface area contributed by atoms with Gasteiger partial charge in [-0.1, -0.05) is 0 Å². The quantitative estimate of drug-likeness (QED) is 0.771. The van der Waals surface area contributed by atoms with Crippen molar-refractivity contribution >= 4 is 36.5 Å². The molecule has 21 heavy (non-hydrogen) atoms. The predicted molar refractivity (Wildman–Crippen MR) is 82.2 cm³/mol. The number of nitrogens with one attached hydrogen (secondary N) is 1. The maximum atomic E-state index is 12.5. The van der Waals surface area contributed by atoms with Gasteiger partial charge in [0.1, 0.15) is 14.7 Å². The van der Waals surface area contributed by atoms with E-state index in [9.17, 15) is 16.8 Å². The highest BCUT2D eigenvalue weighted by Crippen LogP contribution is 2.26. The van der Waals surface area contributed by atoms with Crippen molar-refractivity contribution in [1.82, 2.24) is 9.29 Å². The Morgan fingerprint density at radius 1 is 1.24 bits per heavy atom. The molecule has 1 heterocycles. The minimum atomic E-state index is -3.76. The number of anilines is 1. The Hall–Kier alpha value is -1.58. The number of rotatable bonds is 5.